The number of nitrogens with one attached hydrogen (secondary N) is 1. The van der Waals surface area contributed by atoms with Crippen molar-refractivity contribution in [1.29, 1.82) is 0 Å². The number of Topliss-reactive ketones (excluding diaryl/α,β-unsaturated/α-hetero) is 1. The lowest BCUT2D eigenvalue weighted by molar-refractivity contribution is -0.118. The van der Waals surface area contributed by atoms with Crippen molar-refractivity contribution in [3.05, 3.63) is 34.6 Å². The molecule has 1 aromatic carbocycles. The number of rotatable bonds is 7. The second kappa shape index (κ2) is 7.49. The third kappa shape index (κ3) is 5.61. The van der Waals surface area contributed by atoms with E-state index in [0.29, 0.717) is 18.9 Å². The molecule has 1 rings (SSSR count). The summed E-state index contributed by atoms with van der Waals surface area (Å²) in [7, 11) is 0. The van der Waals surface area contributed by atoms with Gasteiger partial charge in [0.25, 0.3) is 0 Å². The molecular formula is C14H19ClFNO. The van der Waals surface area contributed by atoms with E-state index in [9.17, 15) is 9.18 Å². The monoisotopic (exact) mass is 271 g/mol. The molecule has 0 fully saturated rings. The summed E-state index contributed by atoms with van der Waals surface area (Å²) >= 11 is 5.66. The Morgan fingerprint density at radius 3 is 2.78 bits per heavy atom. The van der Waals surface area contributed by atoms with Gasteiger partial charge in [-0.25, -0.2) is 4.39 Å². The van der Waals surface area contributed by atoms with Crippen LogP contribution in [0.4, 0.5) is 4.39 Å². The van der Waals surface area contributed by atoms with Crippen LogP contribution in [-0.4, -0.2) is 18.4 Å². The molecular weight excluding hydrogens is 253 g/mol. The van der Waals surface area contributed by atoms with E-state index in [1.165, 1.54) is 12.1 Å². The average Bonchev–Trinajstić information content (AvgIpc) is 2.29. The van der Waals surface area contributed by atoms with Crippen LogP contribution in [0.1, 0.15) is 32.3 Å². The molecule has 0 aliphatic heterocycles. The number of hydrogen-bond donors (Lipinski definition) is 1. The maximum atomic E-state index is 12.9. The smallest absolute Gasteiger partial charge is 0.141 e. The third-order valence-electron chi connectivity index (χ3n) is 2.57. The quantitative estimate of drug-likeness (QED) is 0.771. The van der Waals surface area contributed by atoms with Crippen molar-refractivity contribution in [2.45, 2.75) is 39.2 Å². The van der Waals surface area contributed by atoms with Crippen LogP contribution in [0.5, 0.6) is 0 Å². The maximum absolute atomic E-state index is 12.9. The van der Waals surface area contributed by atoms with E-state index in [0.717, 1.165) is 18.5 Å². The number of hydrogen-bond acceptors (Lipinski definition) is 2. The normalized spacial score (nSPS) is 10.9. The first-order valence-electron chi connectivity index (χ1n) is 6.18. The van der Waals surface area contributed by atoms with Crippen molar-refractivity contribution < 1.29 is 9.18 Å². The highest BCUT2D eigenvalue weighted by Gasteiger charge is 2.06. The fourth-order valence-electron chi connectivity index (χ4n) is 1.64. The zero-order valence-corrected chi connectivity index (χ0v) is 11.6. The first-order chi connectivity index (χ1) is 8.49. The first-order valence-corrected chi connectivity index (χ1v) is 6.56. The summed E-state index contributed by atoms with van der Waals surface area (Å²) in [4.78, 5) is 11.7. The summed E-state index contributed by atoms with van der Waals surface area (Å²) in [6, 6.07) is 4.86. The number of halogens is 2. The maximum Gasteiger partial charge on any atom is 0.141 e. The van der Waals surface area contributed by atoms with Crippen LogP contribution in [0.2, 0.25) is 5.02 Å². The van der Waals surface area contributed by atoms with Gasteiger partial charge in [-0.2, -0.15) is 0 Å². The largest absolute Gasteiger partial charge is 0.315 e. The minimum absolute atomic E-state index is 0.0711. The minimum Gasteiger partial charge on any atom is -0.315 e. The predicted molar refractivity (Wildman–Crippen MR) is 72.5 cm³/mol. The van der Waals surface area contributed by atoms with E-state index < -0.39 is 5.82 Å². The van der Waals surface area contributed by atoms with Gasteiger partial charge in [-0.15, -0.1) is 0 Å². The molecule has 0 aromatic heterocycles. The highest BCUT2D eigenvalue weighted by Crippen LogP contribution is 2.16. The van der Waals surface area contributed by atoms with Gasteiger partial charge in [0.2, 0.25) is 0 Å². The van der Waals surface area contributed by atoms with E-state index in [-0.39, 0.29) is 10.8 Å². The van der Waals surface area contributed by atoms with E-state index in [2.05, 4.69) is 19.2 Å². The predicted octanol–water partition coefficient (Wildman–Crippen LogP) is 3.37. The highest BCUT2D eigenvalue weighted by molar-refractivity contribution is 6.30. The zero-order chi connectivity index (χ0) is 13.5. The van der Waals surface area contributed by atoms with Crippen LogP contribution in [0.25, 0.3) is 0 Å². The number of ketones is 1. The third-order valence-corrected chi connectivity index (χ3v) is 2.86. The van der Waals surface area contributed by atoms with Crippen molar-refractivity contribution in [2.75, 3.05) is 6.54 Å². The highest BCUT2D eigenvalue weighted by atomic mass is 35.5. The van der Waals surface area contributed by atoms with Crippen molar-refractivity contribution in [3.63, 3.8) is 0 Å². The molecule has 0 bridgehead atoms. The number of benzene rings is 1. The van der Waals surface area contributed by atoms with Gasteiger partial charge in [-0.1, -0.05) is 31.5 Å². The van der Waals surface area contributed by atoms with Gasteiger partial charge < -0.3 is 5.32 Å². The Labute approximate surface area is 113 Å². The molecule has 1 aromatic rings. The van der Waals surface area contributed by atoms with Crippen molar-refractivity contribution in [3.8, 4) is 0 Å². The molecule has 18 heavy (non-hydrogen) atoms. The molecule has 0 heterocycles. The molecule has 0 unspecified atom stereocenters. The van der Waals surface area contributed by atoms with E-state index >= 15 is 0 Å². The molecule has 0 spiro atoms. The first kappa shape index (κ1) is 15.1. The lowest BCUT2D eigenvalue weighted by Crippen LogP contribution is -2.24. The van der Waals surface area contributed by atoms with Gasteiger partial charge in [0.05, 0.1) is 5.02 Å². The molecule has 0 saturated heterocycles. The number of carbonyl (C=O) groups is 1. The Kier molecular flexibility index (Phi) is 6.30. The Hall–Kier alpha value is -0.930. The molecule has 0 amide bonds. The molecule has 0 saturated carbocycles. The van der Waals surface area contributed by atoms with Crippen molar-refractivity contribution in [1.82, 2.24) is 5.32 Å². The van der Waals surface area contributed by atoms with Crippen LogP contribution >= 0.6 is 11.6 Å². The molecule has 1 N–H and O–H groups in total. The summed E-state index contributed by atoms with van der Waals surface area (Å²) in [5.41, 5.74) is 0.767. The second-order valence-corrected chi connectivity index (χ2v) is 5.08. The lowest BCUT2D eigenvalue weighted by atomic mass is 10.1. The van der Waals surface area contributed by atoms with Gasteiger partial charge in [0.15, 0.2) is 0 Å². The minimum atomic E-state index is -0.450. The van der Waals surface area contributed by atoms with Crippen LogP contribution in [0, 0.1) is 5.82 Å². The summed E-state index contributed by atoms with van der Waals surface area (Å²) < 4.78 is 12.9. The Morgan fingerprint density at radius 2 is 2.17 bits per heavy atom. The fraction of sp³-hybridized carbons (Fsp3) is 0.500. The Balaban J connectivity index is 2.33. The standard InChI is InChI=1S/C14H19ClFNO/c1-10(2)17-7-3-4-12(18)8-11-5-6-14(16)13(15)9-11/h5-6,9-10,17H,3-4,7-8H2,1-2H3. The second-order valence-electron chi connectivity index (χ2n) is 4.68. The summed E-state index contributed by atoms with van der Waals surface area (Å²) in [6.07, 6.45) is 1.68. The summed E-state index contributed by atoms with van der Waals surface area (Å²) in [5.74, 6) is -0.294. The lowest BCUT2D eigenvalue weighted by Gasteiger charge is -2.07. The Morgan fingerprint density at radius 1 is 1.44 bits per heavy atom. The van der Waals surface area contributed by atoms with Crippen LogP contribution in [-0.2, 0) is 11.2 Å². The fourth-order valence-corrected chi connectivity index (χ4v) is 1.85. The van der Waals surface area contributed by atoms with E-state index in [1.807, 2.05) is 0 Å². The molecule has 2 nitrogen and oxygen atoms in total. The van der Waals surface area contributed by atoms with Crippen LogP contribution in [0.15, 0.2) is 18.2 Å². The van der Waals surface area contributed by atoms with Gasteiger partial charge in [-0.05, 0) is 30.7 Å². The van der Waals surface area contributed by atoms with Crippen molar-refractivity contribution >= 4 is 17.4 Å². The molecule has 100 valence electrons. The topological polar surface area (TPSA) is 29.1 Å². The van der Waals surface area contributed by atoms with Gasteiger partial charge >= 0.3 is 0 Å². The Bertz CT molecular complexity index is 407. The van der Waals surface area contributed by atoms with Crippen molar-refractivity contribution in [2.24, 2.45) is 0 Å². The van der Waals surface area contributed by atoms with Gasteiger partial charge in [0.1, 0.15) is 11.6 Å². The summed E-state index contributed by atoms with van der Waals surface area (Å²) in [6.45, 7) is 4.98. The van der Waals surface area contributed by atoms with Crippen LogP contribution in [0.3, 0.4) is 0 Å². The number of carbonyl (C=O) groups excluding carboxylic acids is 1. The summed E-state index contributed by atoms with van der Waals surface area (Å²) in [5, 5.41) is 3.33. The van der Waals surface area contributed by atoms with Crippen LogP contribution < -0.4 is 5.32 Å². The molecule has 0 aliphatic rings. The average molecular weight is 272 g/mol. The van der Waals surface area contributed by atoms with E-state index in [4.69, 9.17) is 11.6 Å². The molecule has 0 radical (unpaired) electrons. The zero-order valence-electron chi connectivity index (χ0n) is 10.8. The van der Waals surface area contributed by atoms with Gasteiger partial charge in [0, 0.05) is 18.9 Å². The van der Waals surface area contributed by atoms with E-state index in [1.54, 1.807) is 6.07 Å². The molecule has 0 atom stereocenters. The molecule has 4 heteroatoms. The van der Waals surface area contributed by atoms with Gasteiger partial charge in [-0.3, -0.25) is 4.79 Å². The molecule has 0 aliphatic carbocycles. The SMILES string of the molecule is CC(C)NCCCC(=O)Cc1ccc(F)c(Cl)c1.